The summed E-state index contributed by atoms with van der Waals surface area (Å²) >= 11 is 0. The fourth-order valence-corrected chi connectivity index (χ4v) is 7.20. The third-order valence-electron chi connectivity index (χ3n) is 8.53. The summed E-state index contributed by atoms with van der Waals surface area (Å²) in [7, 11) is 0. The normalized spacial score (nSPS) is 42.7. The van der Waals surface area contributed by atoms with Gasteiger partial charge in [0.15, 0.2) is 5.78 Å². The van der Waals surface area contributed by atoms with Crippen LogP contribution in [0.4, 0.5) is 13.2 Å². The molecule has 7 atom stereocenters. The van der Waals surface area contributed by atoms with Gasteiger partial charge in [-0.05, 0) is 79.9 Å². The van der Waals surface area contributed by atoms with Crippen molar-refractivity contribution in [2.24, 2.45) is 34.5 Å². The Morgan fingerprint density at radius 1 is 1.13 bits per heavy atom. The Hall–Kier alpha value is -1.92. The Balaban J connectivity index is 1.72. The lowest BCUT2D eigenvalue weighted by molar-refractivity contribution is -0.207. The number of carbonyl (C=O) groups excluding carboxylic acids is 3. The van der Waals surface area contributed by atoms with E-state index in [9.17, 15) is 27.6 Å². The molecule has 0 N–H and O–H groups in total. The molecular formula is C23H27F3O4. The number of hydrogen-bond acceptors (Lipinski definition) is 4. The largest absolute Gasteiger partial charge is 0.490 e. The molecule has 4 rings (SSSR count). The molecule has 0 aromatic rings. The highest BCUT2D eigenvalue weighted by Gasteiger charge is 2.61. The number of hydrogen-bond donors (Lipinski definition) is 0. The second-order valence-corrected chi connectivity index (χ2v) is 9.91. The highest BCUT2D eigenvalue weighted by molar-refractivity contribution is 6.01. The van der Waals surface area contributed by atoms with Gasteiger partial charge in [-0.15, -0.1) is 0 Å². The summed E-state index contributed by atoms with van der Waals surface area (Å²) in [4.78, 5) is 36.0. The minimum Gasteiger partial charge on any atom is -0.451 e. The Morgan fingerprint density at radius 2 is 1.83 bits per heavy atom. The van der Waals surface area contributed by atoms with E-state index in [1.165, 1.54) is 12.2 Å². The van der Waals surface area contributed by atoms with E-state index in [4.69, 9.17) is 4.74 Å². The maximum atomic E-state index is 12.9. The highest BCUT2D eigenvalue weighted by atomic mass is 19.4. The number of esters is 1. The van der Waals surface area contributed by atoms with Gasteiger partial charge in [-0.1, -0.05) is 19.9 Å². The van der Waals surface area contributed by atoms with Crippen LogP contribution in [0.3, 0.4) is 0 Å². The standard InChI is InChI=1S/C23H27F3O4/c1-12(27)15-4-5-16-14-11-19(30-20(29)23(24,25)26)18-10-13(28)6-8-22(18,3)17(14)7-9-21(15,16)2/h6,8,10,14-17,19H,4-5,7,9,11H2,1-3H3/t14-,15+,16-,17-,19?,21+,22+/m0/s1. The van der Waals surface area contributed by atoms with E-state index < -0.39 is 23.7 Å². The van der Waals surface area contributed by atoms with Crippen molar-refractivity contribution in [2.45, 2.75) is 65.2 Å². The van der Waals surface area contributed by atoms with E-state index in [1.54, 1.807) is 13.0 Å². The number of alkyl halides is 3. The van der Waals surface area contributed by atoms with Gasteiger partial charge in [-0.3, -0.25) is 9.59 Å². The minimum atomic E-state index is -5.09. The first kappa shape index (κ1) is 21.3. The van der Waals surface area contributed by atoms with Crippen LogP contribution < -0.4 is 0 Å². The van der Waals surface area contributed by atoms with Crippen molar-refractivity contribution in [1.82, 2.24) is 0 Å². The van der Waals surface area contributed by atoms with E-state index in [2.05, 4.69) is 6.92 Å². The van der Waals surface area contributed by atoms with Gasteiger partial charge in [0.05, 0.1) is 0 Å². The van der Waals surface area contributed by atoms with E-state index in [-0.39, 0.29) is 47.1 Å². The molecule has 0 aliphatic heterocycles. The Labute approximate surface area is 173 Å². The van der Waals surface area contributed by atoms with Gasteiger partial charge in [-0.25, -0.2) is 4.79 Å². The fraction of sp³-hybridized carbons (Fsp3) is 0.696. The van der Waals surface area contributed by atoms with Crippen LogP contribution >= 0.6 is 0 Å². The molecule has 0 aromatic carbocycles. The second-order valence-electron chi connectivity index (χ2n) is 9.91. The van der Waals surface area contributed by atoms with Crippen molar-refractivity contribution in [2.75, 3.05) is 0 Å². The molecule has 1 unspecified atom stereocenters. The first-order valence-electron chi connectivity index (χ1n) is 10.6. The van der Waals surface area contributed by atoms with Crippen molar-refractivity contribution < 1.29 is 32.3 Å². The van der Waals surface area contributed by atoms with Crippen LogP contribution in [-0.2, 0) is 19.1 Å². The SMILES string of the molecule is CC(=O)[C@H]1CC[C@H]2[C@@H]3CC(OC(=O)C(F)(F)F)C4=CC(=O)C=C[C@]4(C)[C@H]3CC[C@]12C. The molecule has 3 saturated carbocycles. The summed E-state index contributed by atoms with van der Waals surface area (Å²) in [5.41, 5.74) is -0.348. The van der Waals surface area contributed by atoms with Crippen LogP contribution in [0.1, 0.15) is 52.9 Å². The minimum absolute atomic E-state index is 0.0270. The lowest BCUT2D eigenvalue weighted by Crippen LogP contribution is -2.54. The van der Waals surface area contributed by atoms with Gasteiger partial charge in [0, 0.05) is 11.3 Å². The molecule has 164 valence electrons. The average Bonchev–Trinajstić information content (AvgIpc) is 3.00. The molecule has 30 heavy (non-hydrogen) atoms. The topological polar surface area (TPSA) is 60.4 Å². The van der Waals surface area contributed by atoms with Crippen LogP contribution in [0.2, 0.25) is 0 Å². The van der Waals surface area contributed by atoms with Crippen molar-refractivity contribution in [1.29, 1.82) is 0 Å². The molecule has 7 heteroatoms. The lowest BCUT2D eigenvalue weighted by Gasteiger charge is -2.58. The summed E-state index contributed by atoms with van der Waals surface area (Å²) in [6.45, 7) is 5.70. The molecule has 0 spiro atoms. The Morgan fingerprint density at radius 3 is 2.47 bits per heavy atom. The number of allylic oxidation sites excluding steroid dienone is 3. The lowest BCUT2D eigenvalue weighted by atomic mass is 9.47. The zero-order valence-electron chi connectivity index (χ0n) is 17.4. The highest BCUT2D eigenvalue weighted by Crippen LogP contribution is 2.66. The second kappa shape index (κ2) is 6.79. The monoisotopic (exact) mass is 424 g/mol. The van der Waals surface area contributed by atoms with Crippen molar-refractivity contribution >= 4 is 17.5 Å². The van der Waals surface area contributed by atoms with Gasteiger partial charge in [-0.2, -0.15) is 13.2 Å². The molecule has 0 saturated heterocycles. The van der Waals surface area contributed by atoms with Gasteiger partial charge in [0.2, 0.25) is 0 Å². The molecule has 4 nitrogen and oxygen atoms in total. The van der Waals surface area contributed by atoms with Crippen LogP contribution in [-0.4, -0.2) is 29.8 Å². The summed E-state index contributed by atoms with van der Waals surface area (Å²) in [5.74, 6) is -2.04. The maximum absolute atomic E-state index is 12.9. The quantitative estimate of drug-likeness (QED) is 0.609. The van der Waals surface area contributed by atoms with Gasteiger partial charge in [0.1, 0.15) is 11.9 Å². The van der Waals surface area contributed by atoms with Crippen LogP contribution in [0, 0.1) is 34.5 Å². The molecule has 0 heterocycles. The van der Waals surface area contributed by atoms with Gasteiger partial charge in [0.25, 0.3) is 0 Å². The molecule has 0 aromatic heterocycles. The molecular weight excluding hydrogens is 397 g/mol. The Kier molecular flexibility index (Phi) is 4.83. The van der Waals surface area contributed by atoms with E-state index in [0.29, 0.717) is 5.57 Å². The summed E-state index contributed by atoms with van der Waals surface area (Å²) in [6, 6.07) is 0. The van der Waals surface area contributed by atoms with Crippen LogP contribution in [0.15, 0.2) is 23.8 Å². The van der Waals surface area contributed by atoms with Crippen LogP contribution in [0.25, 0.3) is 0 Å². The van der Waals surface area contributed by atoms with Crippen molar-refractivity contribution in [3.05, 3.63) is 23.8 Å². The smallest absolute Gasteiger partial charge is 0.451 e. The fourth-order valence-electron chi connectivity index (χ4n) is 7.20. The van der Waals surface area contributed by atoms with E-state index >= 15 is 0 Å². The zero-order valence-corrected chi connectivity index (χ0v) is 17.4. The summed E-state index contributed by atoms with van der Waals surface area (Å²) in [5, 5.41) is 0. The average molecular weight is 424 g/mol. The number of ether oxygens (including phenoxy) is 1. The predicted octanol–water partition coefficient (Wildman–Crippen LogP) is 4.58. The summed E-state index contributed by atoms with van der Waals surface area (Å²) < 4.78 is 43.8. The maximum Gasteiger partial charge on any atom is 0.490 e. The number of fused-ring (bicyclic) bond motifs is 5. The van der Waals surface area contributed by atoms with E-state index in [1.807, 2.05) is 6.92 Å². The number of halogens is 3. The molecule has 0 bridgehead atoms. The zero-order chi connectivity index (χ0) is 22.1. The van der Waals surface area contributed by atoms with Gasteiger partial charge < -0.3 is 4.74 Å². The third kappa shape index (κ3) is 3.07. The van der Waals surface area contributed by atoms with Crippen LogP contribution in [0.5, 0.6) is 0 Å². The molecule has 0 amide bonds. The molecule has 4 aliphatic carbocycles. The Bertz CT molecular complexity index is 857. The first-order chi connectivity index (χ1) is 13.9. The number of carbonyl (C=O) groups is 3. The predicted molar refractivity (Wildman–Crippen MR) is 102 cm³/mol. The van der Waals surface area contributed by atoms with Gasteiger partial charge >= 0.3 is 12.1 Å². The summed E-state index contributed by atoms with van der Waals surface area (Å²) in [6.07, 6.45) is 2.04. The first-order valence-corrected chi connectivity index (χ1v) is 10.6. The molecule has 3 fully saturated rings. The van der Waals surface area contributed by atoms with Crippen molar-refractivity contribution in [3.8, 4) is 0 Å². The molecule has 4 aliphatic rings. The third-order valence-corrected chi connectivity index (χ3v) is 8.53. The van der Waals surface area contributed by atoms with Crippen molar-refractivity contribution in [3.63, 3.8) is 0 Å². The number of ketones is 2. The number of rotatable bonds is 2. The molecule has 0 radical (unpaired) electrons. The number of Topliss-reactive ketones (excluding diaryl/α,β-unsaturated/α-hetero) is 1. The van der Waals surface area contributed by atoms with E-state index in [0.717, 1.165) is 25.7 Å².